The molecule has 1 aliphatic carbocycles. The summed E-state index contributed by atoms with van der Waals surface area (Å²) in [6.45, 7) is 4.73. The molecule has 0 spiro atoms. The van der Waals surface area contributed by atoms with Crippen molar-refractivity contribution in [2.75, 3.05) is 20.6 Å². The van der Waals surface area contributed by atoms with E-state index in [2.05, 4.69) is 19.2 Å². The lowest BCUT2D eigenvalue weighted by Crippen LogP contribution is -2.49. The van der Waals surface area contributed by atoms with Gasteiger partial charge in [0.15, 0.2) is 0 Å². The van der Waals surface area contributed by atoms with Crippen LogP contribution in [0.3, 0.4) is 0 Å². The van der Waals surface area contributed by atoms with E-state index in [0.29, 0.717) is 18.4 Å². The van der Waals surface area contributed by atoms with E-state index < -0.39 is 0 Å². The summed E-state index contributed by atoms with van der Waals surface area (Å²) < 4.78 is 0. The summed E-state index contributed by atoms with van der Waals surface area (Å²) in [6, 6.07) is 0.0744. The summed E-state index contributed by atoms with van der Waals surface area (Å²) in [7, 11) is 3.87. The standard InChI is InChI=1S/C12H25N3O.2ClH/c1-8(2)11(15(3)4)12(16)14-7-10(13)9-5-6-9;;/h8-11H,5-7,13H2,1-4H3,(H,14,16);2*1H/t10?,11-;;/m0../s1. The van der Waals surface area contributed by atoms with E-state index in [9.17, 15) is 4.79 Å². The molecule has 4 nitrogen and oxygen atoms in total. The SMILES string of the molecule is CC(C)[C@@H](C(=O)NCC(N)C1CC1)N(C)C.Cl.Cl. The van der Waals surface area contributed by atoms with Crippen LogP contribution in [-0.2, 0) is 4.79 Å². The summed E-state index contributed by atoms with van der Waals surface area (Å²) in [4.78, 5) is 13.9. The Morgan fingerprint density at radius 3 is 2.17 bits per heavy atom. The number of carbonyl (C=O) groups excluding carboxylic acids is 1. The Labute approximate surface area is 123 Å². The van der Waals surface area contributed by atoms with Crippen LogP contribution in [0.4, 0.5) is 0 Å². The van der Waals surface area contributed by atoms with Gasteiger partial charge in [-0.15, -0.1) is 24.8 Å². The van der Waals surface area contributed by atoms with Gasteiger partial charge in [0.25, 0.3) is 0 Å². The van der Waals surface area contributed by atoms with Crippen LogP contribution >= 0.6 is 24.8 Å². The van der Waals surface area contributed by atoms with Crippen molar-refractivity contribution in [3.8, 4) is 0 Å². The number of nitrogens with one attached hydrogen (secondary N) is 1. The zero-order chi connectivity index (χ0) is 12.3. The van der Waals surface area contributed by atoms with Crippen molar-refractivity contribution in [3.05, 3.63) is 0 Å². The predicted octanol–water partition coefficient (Wildman–Crippen LogP) is 1.27. The molecule has 0 heterocycles. The van der Waals surface area contributed by atoms with Gasteiger partial charge in [-0.3, -0.25) is 9.69 Å². The minimum absolute atomic E-state index is 0. The topological polar surface area (TPSA) is 58.4 Å². The molecule has 1 saturated carbocycles. The normalized spacial score (nSPS) is 17.7. The van der Waals surface area contributed by atoms with E-state index in [0.717, 1.165) is 0 Å². The second-order valence-corrected chi connectivity index (χ2v) is 5.40. The maximum atomic E-state index is 12.0. The molecule has 110 valence electrons. The largest absolute Gasteiger partial charge is 0.353 e. The molecule has 1 rings (SSSR count). The maximum Gasteiger partial charge on any atom is 0.237 e. The molecule has 1 unspecified atom stereocenters. The molecule has 0 aromatic carbocycles. The Kier molecular flexibility index (Phi) is 10.1. The van der Waals surface area contributed by atoms with E-state index in [1.165, 1.54) is 12.8 Å². The molecule has 6 heteroatoms. The van der Waals surface area contributed by atoms with E-state index >= 15 is 0 Å². The van der Waals surface area contributed by atoms with Crippen LogP contribution in [0.2, 0.25) is 0 Å². The Balaban J connectivity index is 0. The van der Waals surface area contributed by atoms with Crippen LogP contribution in [0.15, 0.2) is 0 Å². The third kappa shape index (κ3) is 6.23. The fourth-order valence-electron chi connectivity index (χ4n) is 2.15. The highest BCUT2D eigenvalue weighted by molar-refractivity contribution is 5.85. The Morgan fingerprint density at radius 1 is 1.33 bits per heavy atom. The van der Waals surface area contributed by atoms with Crippen LogP contribution < -0.4 is 11.1 Å². The van der Waals surface area contributed by atoms with Gasteiger partial charge in [-0.25, -0.2) is 0 Å². The Morgan fingerprint density at radius 2 is 1.83 bits per heavy atom. The van der Waals surface area contributed by atoms with Crippen LogP contribution in [0.1, 0.15) is 26.7 Å². The molecule has 1 amide bonds. The number of halogens is 2. The lowest BCUT2D eigenvalue weighted by Gasteiger charge is -2.27. The predicted molar refractivity (Wildman–Crippen MR) is 80.5 cm³/mol. The second kappa shape index (κ2) is 8.97. The smallest absolute Gasteiger partial charge is 0.237 e. The van der Waals surface area contributed by atoms with Gasteiger partial charge in [0, 0.05) is 12.6 Å². The van der Waals surface area contributed by atoms with Crippen molar-refractivity contribution in [2.24, 2.45) is 17.6 Å². The molecular formula is C12H27Cl2N3O. The van der Waals surface area contributed by atoms with Crippen LogP contribution in [0, 0.1) is 11.8 Å². The average Bonchev–Trinajstić information content (AvgIpc) is 2.95. The Hall–Kier alpha value is -0.0300. The number of hydrogen-bond acceptors (Lipinski definition) is 3. The van der Waals surface area contributed by atoms with Crippen molar-refractivity contribution in [1.82, 2.24) is 10.2 Å². The summed E-state index contributed by atoms with van der Waals surface area (Å²) in [5, 5.41) is 2.96. The number of carbonyl (C=O) groups is 1. The molecule has 0 aromatic rings. The molecule has 1 fully saturated rings. The van der Waals surface area contributed by atoms with Crippen molar-refractivity contribution in [2.45, 2.75) is 38.8 Å². The molecule has 2 atom stereocenters. The molecule has 0 saturated heterocycles. The first kappa shape index (κ1) is 20.3. The fraction of sp³-hybridized carbons (Fsp3) is 0.917. The van der Waals surface area contributed by atoms with Gasteiger partial charge in [0.05, 0.1) is 6.04 Å². The van der Waals surface area contributed by atoms with E-state index in [-0.39, 0.29) is 42.8 Å². The molecular weight excluding hydrogens is 273 g/mol. The average molecular weight is 300 g/mol. The van der Waals surface area contributed by atoms with Crippen molar-refractivity contribution in [1.29, 1.82) is 0 Å². The minimum atomic E-state index is -0.0635. The lowest BCUT2D eigenvalue weighted by molar-refractivity contribution is -0.127. The number of amides is 1. The maximum absolute atomic E-state index is 12.0. The van der Waals surface area contributed by atoms with Crippen LogP contribution in [0.25, 0.3) is 0 Å². The molecule has 3 N–H and O–H groups in total. The summed E-state index contributed by atoms with van der Waals surface area (Å²) >= 11 is 0. The number of nitrogens with two attached hydrogens (primary N) is 1. The molecule has 0 aliphatic heterocycles. The van der Waals surface area contributed by atoms with Crippen molar-refractivity contribution >= 4 is 30.7 Å². The third-order valence-electron chi connectivity index (χ3n) is 3.20. The highest BCUT2D eigenvalue weighted by atomic mass is 35.5. The molecule has 0 bridgehead atoms. The summed E-state index contributed by atoms with van der Waals surface area (Å²) in [5.74, 6) is 1.04. The van der Waals surface area contributed by atoms with E-state index in [1.54, 1.807) is 0 Å². The quantitative estimate of drug-likeness (QED) is 0.776. The molecule has 18 heavy (non-hydrogen) atoms. The zero-order valence-corrected chi connectivity index (χ0v) is 13.3. The monoisotopic (exact) mass is 299 g/mol. The Bertz CT molecular complexity index is 237. The van der Waals surface area contributed by atoms with Gasteiger partial charge < -0.3 is 11.1 Å². The van der Waals surface area contributed by atoms with Gasteiger partial charge in [-0.1, -0.05) is 13.8 Å². The number of hydrogen-bond donors (Lipinski definition) is 2. The van der Waals surface area contributed by atoms with Crippen LogP contribution in [0.5, 0.6) is 0 Å². The first-order valence-electron chi connectivity index (χ1n) is 6.13. The zero-order valence-electron chi connectivity index (χ0n) is 11.7. The van der Waals surface area contributed by atoms with E-state index in [4.69, 9.17) is 5.73 Å². The van der Waals surface area contributed by atoms with Gasteiger partial charge in [0.2, 0.25) is 5.91 Å². The highest BCUT2D eigenvalue weighted by Crippen LogP contribution is 2.31. The summed E-state index contributed by atoms with van der Waals surface area (Å²) in [6.07, 6.45) is 2.44. The number of nitrogens with zero attached hydrogens (tertiary/aromatic N) is 1. The van der Waals surface area contributed by atoms with Gasteiger partial charge in [-0.2, -0.15) is 0 Å². The number of likely N-dealkylation sites (N-methyl/N-ethyl adjacent to an activating group) is 1. The van der Waals surface area contributed by atoms with E-state index in [1.807, 2.05) is 19.0 Å². The first-order chi connectivity index (χ1) is 7.43. The van der Waals surface area contributed by atoms with Gasteiger partial charge in [-0.05, 0) is 38.8 Å². The second-order valence-electron chi connectivity index (χ2n) is 5.40. The summed E-state index contributed by atoms with van der Waals surface area (Å²) in [5.41, 5.74) is 5.95. The van der Waals surface area contributed by atoms with Crippen molar-refractivity contribution < 1.29 is 4.79 Å². The van der Waals surface area contributed by atoms with Gasteiger partial charge >= 0.3 is 0 Å². The fourth-order valence-corrected chi connectivity index (χ4v) is 2.15. The minimum Gasteiger partial charge on any atom is -0.353 e. The van der Waals surface area contributed by atoms with Crippen LogP contribution in [-0.4, -0.2) is 43.5 Å². The number of rotatable bonds is 6. The molecule has 0 aromatic heterocycles. The highest BCUT2D eigenvalue weighted by Gasteiger charge is 2.30. The van der Waals surface area contributed by atoms with Crippen molar-refractivity contribution in [3.63, 3.8) is 0 Å². The van der Waals surface area contributed by atoms with Gasteiger partial charge in [0.1, 0.15) is 0 Å². The lowest BCUT2D eigenvalue weighted by atomic mass is 10.0. The first-order valence-corrected chi connectivity index (χ1v) is 6.13. The molecule has 0 radical (unpaired) electrons. The molecule has 1 aliphatic rings. The third-order valence-corrected chi connectivity index (χ3v) is 3.20.